The topological polar surface area (TPSA) is 49.2 Å². The molecule has 0 amide bonds. The van der Waals surface area contributed by atoms with E-state index in [0.29, 0.717) is 28.2 Å². The van der Waals surface area contributed by atoms with E-state index in [2.05, 4.69) is 10.2 Å². The molecule has 0 aliphatic rings. The maximum atomic E-state index is 13.5. The van der Waals surface area contributed by atoms with Crippen LogP contribution in [0.4, 0.5) is 8.78 Å². The van der Waals surface area contributed by atoms with Gasteiger partial charge in [-0.2, -0.15) is 0 Å². The summed E-state index contributed by atoms with van der Waals surface area (Å²) in [5, 5.41) is 9.37. The van der Waals surface area contributed by atoms with E-state index in [1.54, 1.807) is 44.6 Å². The summed E-state index contributed by atoms with van der Waals surface area (Å²) in [6.07, 6.45) is 0. The zero-order chi connectivity index (χ0) is 21.8. The Hall–Kier alpha value is -3.39. The minimum absolute atomic E-state index is 0.279. The molecule has 0 N–H and O–H groups in total. The number of aromatic nitrogens is 3. The van der Waals surface area contributed by atoms with Gasteiger partial charge in [0.05, 0.1) is 14.2 Å². The van der Waals surface area contributed by atoms with Crippen molar-refractivity contribution in [2.24, 2.45) is 0 Å². The van der Waals surface area contributed by atoms with Crippen LogP contribution in [0.25, 0.3) is 17.1 Å². The van der Waals surface area contributed by atoms with Crippen molar-refractivity contribution in [2.75, 3.05) is 14.2 Å². The van der Waals surface area contributed by atoms with E-state index in [1.807, 2.05) is 16.7 Å². The normalized spacial score (nSPS) is 10.8. The molecule has 1 heterocycles. The highest BCUT2D eigenvalue weighted by molar-refractivity contribution is 7.98. The van der Waals surface area contributed by atoms with Gasteiger partial charge in [-0.3, -0.25) is 4.57 Å². The second-order valence-corrected chi connectivity index (χ2v) is 7.55. The van der Waals surface area contributed by atoms with Crippen LogP contribution >= 0.6 is 11.8 Å². The lowest BCUT2D eigenvalue weighted by Gasteiger charge is -2.12. The first kappa shape index (κ1) is 20.9. The molecule has 0 radical (unpaired) electrons. The Morgan fingerprint density at radius 2 is 1.45 bits per heavy atom. The summed E-state index contributed by atoms with van der Waals surface area (Å²) >= 11 is 1.46. The average Bonchev–Trinajstić information content (AvgIpc) is 3.22. The Bertz CT molecular complexity index is 1180. The van der Waals surface area contributed by atoms with Crippen LogP contribution in [-0.4, -0.2) is 29.0 Å². The summed E-state index contributed by atoms with van der Waals surface area (Å²) in [6, 6.07) is 17.9. The number of hydrogen-bond donors (Lipinski definition) is 0. The zero-order valence-electron chi connectivity index (χ0n) is 16.9. The van der Waals surface area contributed by atoms with Crippen molar-refractivity contribution in [1.82, 2.24) is 14.8 Å². The molecule has 0 saturated carbocycles. The van der Waals surface area contributed by atoms with E-state index in [0.717, 1.165) is 16.8 Å². The number of halogens is 2. The highest BCUT2D eigenvalue weighted by Gasteiger charge is 2.18. The molecule has 0 bridgehead atoms. The van der Waals surface area contributed by atoms with E-state index in [4.69, 9.17) is 9.47 Å². The van der Waals surface area contributed by atoms with Crippen molar-refractivity contribution in [1.29, 1.82) is 0 Å². The monoisotopic (exact) mass is 439 g/mol. The molecular formula is C23H19F2N3O2S. The third-order valence-corrected chi connectivity index (χ3v) is 5.64. The van der Waals surface area contributed by atoms with E-state index >= 15 is 0 Å². The molecule has 5 nitrogen and oxygen atoms in total. The molecule has 0 fully saturated rings. The lowest BCUT2D eigenvalue weighted by molar-refractivity contribution is 0.355. The van der Waals surface area contributed by atoms with Crippen molar-refractivity contribution in [3.63, 3.8) is 0 Å². The molecule has 0 aliphatic carbocycles. The molecular weight excluding hydrogens is 420 g/mol. The van der Waals surface area contributed by atoms with Crippen LogP contribution in [0.1, 0.15) is 5.56 Å². The molecule has 0 aliphatic heterocycles. The fourth-order valence-electron chi connectivity index (χ4n) is 3.08. The summed E-state index contributed by atoms with van der Waals surface area (Å²) in [6.45, 7) is 0. The second-order valence-electron chi connectivity index (χ2n) is 6.60. The molecule has 3 aromatic carbocycles. The molecule has 0 atom stereocenters. The van der Waals surface area contributed by atoms with Crippen molar-refractivity contribution in [3.8, 4) is 28.6 Å². The molecule has 4 aromatic rings. The number of thioether (sulfide) groups is 1. The number of hydrogen-bond acceptors (Lipinski definition) is 5. The van der Waals surface area contributed by atoms with Crippen molar-refractivity contribution >= 4 is 11.8 Å². The quantitative estimate of drug-likeness (QED) is 0.355. The van der Waals surface area contributed by atoms with Crippen LogP contribution in [0.2, 0.25) is 0 Å². The van der Waals surface area contributed by atoms with Gasteiger partial charge in [0.1, 0.15) is 11.6 Å². The number of ether oxygens (including phenoxy) is 2. The Morgan fingerprint density at radius 1 is 0.806 bits per heavy atom. The number of nitrogens with zero attached hydrogens (tertiary/aromatic N) is 3. The Morgan fingerprint density at radius 3 is 2.10 bits per heavy atom. The molecule has 1 aromatic heterocycles. The predicted molar refractivity (Wildman–Crippen MR) is 116 cm³/mol. The van der Waals surface area contributed by atoms with Crippen molar-refractivity contribution < 1.29 is 18.3 Å². The van der Waals surface area contributed by atoms with Gasteiger partial charge in [-0.15, -0.1) is 10.2 Å². The summed E-state index contributed by atoms with van der Waals surface area (Å²) in [5.41, 5.74) is 2.44. The van der Waals surface area contributed by atoms with E-state index in [-0.39, 0.29) is 11.6 Å². The molecule has 8 heteroatoms. The Kier molecular flexibility index (Phi) is 6.18. The molecule has 0 saturated heterocycles. The first-order valence-corrected chi connectivity index (χ1v) is 10.4. The zero-order valence-corrected chi connectivity index (χ0v) is 17.7. The second kappa shape index (κ2) is 9.18. The fourth-order valence-corrected chi connectivity index (χ4v) is 3.98. The molecule has 0 unspecified atom stereocenters. The van der Waals surface area contributed by atoms with Gasteiger partial charge in [0.25, 0.3) is 0 Å². The standard InChI is InChI=1S/C23H19F2N3O2S/c1-29-20-12-5-16(13-21(20)30-2)22-26-27-23(28(22)19-10-8-18(25)9-11-19)31-14-15-3-6-17(24)7-4-15/h3-13H,14H2,1-2H3. The SMILES string of the molecule is COc1ccc(-c2nnc(SCc3ccc(F)cc3)n2-c2ccc(F)cc2)cc1OC. The van der Waals surface area contributed by atoms with Gasteiger partial charge in [0.2, 0.25) is 0 Å². The van der Waals surface area contributed by atoms with Crippen LogP contribution in [0.5, 0.6) is 11.5 Å². The summed E-state index contributed by atoms with van der Waals surface area (Å²) in [4.78, 5) is 0. The number of benzene rings is 3. The van der Waals surface area contributed by atoms with Crippen LogP contribution in [0, 0.1) is 11.6 Å². The molecule has 158 valence electrons. The first-order chi connectivity index (χ1) is 15.1. The van der Waals surface area contributed by atoms with Gasteiger partial charge < -0.3 is 9.47 Å². The summed E-state index contributed by atoms with van der Waals surface area (Å²) in [5.74, 6) is 1.71. The van der Waals surface area contributed by atoms with Gasteiger partial charge in [-0.05, 0) is 60.2 Å². The van der Waals surface area contributed by atoms with Crippen LogP contribution in [-0.2, 0) is 5.75 Å². The molecule has 4 rings (SSSR count). The van der Waals surface area contributed by atoms with Gasteiger partial charge in [-0.25, -0.2) is 8.78 Å². The van der Waals surface area contributed by atoms with Crippen LogP contribution < -0.4 is 9.47 Å². The smallest absolute Gasteiger partial charge is 0.196 e. The van der Waals surface area contributed by atoms with Gasteiger partial charge >= 0.3 is 0 Å². The highest BCUT2D eigenvalue weighted by Crippen LogP contribution is 2.34. The largest absolute Gasteiger partial charge is 0.493 e. The van der Waals surface area contributed by atoms with Gasteiger partial charge in [0.15, 0.2) is 22.5 Å². The third-order valence-electron chi connectivity index (χ3n) is 4.64. The maximum absolute atomic E-state index is 13.5. The van der Waals surface area contributed by atoms with Gasteiger partial charge in [-0.1, -0.05) is 23.9 Å². The van der Waals surface area contributed by atoms with Crippen LogP contribution in [0.3, 0.4) is 0 Å². The fraction of sp³-hybridized carbons (Fsp3) is 0.130. The minimum Gasteiger partial charge on any atom is -0.493 e. The number of rotatable bonds is 7. The lowest BCUT2D eigenvalue weighted by atomic mass is 10.2. The summed E-state index contributed by atoms with van der Waals surface area (Å²) in [7, 11) is 3.14. The predicted octanol–water partition coefficient (Wildman–Crippen LogP) is 5.52. The first-order valence-electron chi connectivity index (χ1n) is 9.40. The third kappa shape index (κ3) is 4.54. The minimum atomic E-state index is -0.329. The van der Waals surface area contributed by atoms with E-state index in [9.17, 15) is 8.78 Å². The van der Waals surface area contributed by atoms with Crippen molar-refractivity contribution in [2.45, 2.75) is 10.9 Å². The van der Waals surface area contributed by atoms with E-state index in [1.165, 1.54) is 36.0 Å². The molecule has 0 spiro atoms. The van der Waals surface area contributed by atoms with Gasteiger partial charge in [0, 0.05) is 17.0 Å². The van der Waals surface area contributed by atoms with E-state index < -0.39 is 0 Å². The lowest BCUT2D eigenvalue weighted by Crippen LogP contribution is -2.00. The summed E-state index contributed by atoms with van der Waals surface area (Å²) < 4.78 is 39.3. The Labute approximate surface area is 182 Å². The van der Waals surface area contributed by atoms with Crippen LogP contribution in [0.15, 0.2) is 71.9 Å². The molecule has 31 heavy (non-hydrogen) atoms. The van der Waals surface area contributed by atoms with Crippen molar-refractivity contribution in [3.05, 3.63) is 83.9 Å². The number of methoxy groups -OCH3 is 2. The maximum Gasteiger partial charge on any atom is 0.196 e. The Balaban J connectivity index is 1.75. The average molecular weight is 439 g/mol. The highest BCUT2D eigenvalue weighted by atomic mass is 32.2.